The average molecular weight is 663 g/mol. The maximum Gasteiger partial charge on any atom is 0.0171 e. The highest BCUT2D eigenvalue weighted by molar-refractivity contribution is 6.25. The van der Waals surface area contributed by atoms with E-state index in [4.69, 9.17) is 0 Å². The van der Waals surface area contributed by atoms with Crippen LogP contribution in [0.1, 0.15) is 49.9 Å². The molecule has 9 aromatic carbocycles. The third-order valence-corrected chi connectivity index (χ3v) is 12.6. The molecule has 9 aromatic rings. The van der Waals surface area contributed by atoms with Gasteiger partial charge in [-0.3, -0.25) is 0 Å². The molecule has 0 atom stereocenters. The van der Waals surface area contributed by atoms with Crippen LogP contribution in [-0.4, -0.2) is 0 Å². The SMILES string of the molecule is CC1(C)c2ccccc2-c2c1cc(-c1c3ccccc3c(-c3cccc4c3C(C)(C)c3c-4ccc4ccccc34)c3ccccc13)c1ccccc21. The minimum atomic E-state index is -0.181. The third-order valence-electron chi connectivity index (χ3n) is 12.6. The Morgan fingerprint density at radius 1 is 0.288 bits per heavy atom. The predicted octanol–water partition coefficient (Wildman–Crippen LogP) is 14.2. The number of hydrogen-bond acceptors (Lipinski definition) is 0. The van der Waals surface area contributed by atoms with Crippen LogP contribution in [0.4, 0.5) is 0 Å². The summed E-state index contributed by atoms with van der Waals surface area (Å²) < 4.78 is 0. The Kier molecular flexibility index (Phi) is 5.89. The van der Waals surface area contributed by atoms with Gasteiger partial charge in [0.1, 0.15) is 0 Å². The molecule has 2 aliphatic carbocycles. The van der Waals surface area contributed by atoms with Gasteiger partial charge in [-0.05, 0) is 116 Å². The van der Waals surface area contributed by atoms with Crippen molar-refractivity contribution in [1.29, 1.82) is 0 Å². The van der Waals surface area contributed by atoms with Gasteiger partial charge in [0.2, 0.25) is 0 Å². The fraction of sp³-hybridized carbons (Fsp3) is 0.115. The van der Waals surface area contributed by atoms with E-state index >= 15 is 0 Å². The average Bonchev–Trinajstić information content (AvgIpc) is 3.56. The van der Waals surface area contributed by atoms with Gasteiger partial charge >= 0.3 is 0 Å². The van der Waals surface area contributed by atoms with Crippen molar-refractivity contribution in [3.63, 3.8) is 0 Å². The summed E-state index contributed by atoms with van der Waals surface area (Å²) in [6, 6.07) is 59.5. The highest BCUT2D eigenvalue weighted by Gasteiger charge is 2.40. The van der Waals surface area contributed by atoms with Crippen LogP contribution in [-0.2, 0) is 10.8 Å². The first-order valence-electron chi connectivity index (χ1n) is 18.6. The number of fused-ring (bicyclic) bond motifs is 12. The van der Waals surface area contributed by atoms with Crippen molar-refractivity contribution in [2.24, 2.45) is 0 Å². The fourth-order valence-corrected chi connectivity index (χ4v) is 10.4. The van der Waals surface area contributed by atoms with Crippen molar-refractivity contribution < 1.29 is 0 Å². The fourth-order valence-electron chi connectivity index (χ4n) is 10.4. The third kappa shape index (κ3) is 3.72. The van der Waals surface area contributed by atoms with Gasteiger partial charge < -0.3 is 0 Å². The van der Waals surface area contributed by atoms with Crippen LogP contribution < -0.4 is 0 Å². The largest absolute Gasteiger partial charge is 0.0619 e. The van der Waals surface area contributed by atoms with E-state index in [1.165, 1.54) is 110 Å². The van der Waals surface area contributed by atoms with Crippen molar-refractivity contribution in [2.45, 2.75) is 38.5 Å². The normalized spacial score (nSPS) is 14.8. The van der Waals surface area contributed by atoms with Crippen molar-refractivity contribution in [3.8, 4) is 44.5 Å². The van der Waals surface area contributed by atoms with Gasteiger partial charge in [0.25, 0.3) is 0 Å². The maximum atomic E-state index is 2.54. The Labute approximate surface area is 305 Å². The lowest BCUT2D eigenvalue weighted by Gasteiger charge is -2.27. The zero-order valence-corrected chi connectivity index (χ0v) is 30.0. The minimum absolute atomic E-state index is 0.106. The molecule has 0 heterocycles. The molecular formula is C52H38. The zero-order valence-electron chi connectivity index (χ0n) is 30.0. The van der Waals surface area contributed by atoms with Crippen LogP contribution in [0.5, 0.6) is 0 Å². The molecule has 0 nitrogen and oxygen atoms in total. The maximum absolute atomic E-state index is 2.54. The zero-order chi connectivity index (χ0) is 34.9. The van der Waals surface area contributed by atoms with Crippen molar-refractivity contribution in [2.75, 3.05) is 0 Å². The second kappa shape index (κ2) is 10.3. The quantitative estimate of drug-likeness (QED) is 0.162. The predicted molar refractivity (Wildman–Crippen MR) is 222 cm³/mol. The molecule has 0 saturated carbocycles. The summed E-state index contributed by atoms with van der Waals surface area (Å²) in [7, 11) is 0. The van der Waals surface area contributed by atoms with E-state index in [-0.39, 0.29) is 10.8 Å². The summed E-state index contributed by atoms with van der Waals surface area (Å²) in [6.07, 6.45) is 0. The molecule has 0 saturated heterocycles. The van der Waals surface area contributed by atoms with E-state index in [2.05, 4.69) is 185 Å². The molecular weight excluding hydrogens is 625 g/mol. The second-order valence-electron chi connectivity index (χ2n) is 16.0. The van der Waals surface area contributed by atoms with E-state index < -0.39 is 0 Å². The summed E-state index contributed by atoms with van der Waals surface area (Å²) in [6.45, 7) is 9.66. The molecule has 0 aliphatic heterocycles. The lowest BCUT2D eigenvalue weighted by Crippen LogP contribution is -2.17. The van der Waals surface area contributed by atoms with Gasteiger partial charge in [-0.1, -0.05) is 179 Å². The summed E-state index contributed by atoms with van der Waals surface area (Å²) in [4.78, 5) is 0. The first kappa shape index (κ1) is 29.7. The monoisotopic (exact) mass is 662 g/mol. The Bertz CT molecular complexity index is 2950. The summed E-state index contributed by atoms with van der Waals surface area (Å²) in [5, 5.41) is 10.5. The lowest BCUT2D eigenvalue weighted by molar-refractivity contribution is 0.661. The van der Waals surface area contributed by atoms with Gasteiger partial charge in [-0.15, -0.1) is 0 Å². The molecule has 0 heteroatoms. The second-order valence-corrected chi connectivity index (χ2v) is 16.0. The highest BCUT2D eigenvalue weighted by atomic mass is 14.4. The Hall–Kier alpha value is -5.98. The van der Waals surface area contributed by atoms with Crippen molar-refractivity contribution >= 4 is 43.1 Å². The van der Waals surface area contributed by atoms with Crippen LogP contribution in [0.15, 0.2) is 158 Å². The molecule has 0 N–H and O–H groups in total. The van der Waals surface area contributed by atoms with Crippen molar-refractivity contribution in [3.05, 3.63) is 180 Å². The van der Waals surface area contributed by atoms with E-state index in [0.717, 1.165) is 0 Å². The molecule has 52 heavy (non-hydrogen) atoms. The summed E-state index contributed by atoms with van der Waals surface area (Å²) in [5.74, 6) is 0. The van der Waals surface area contributed by atoms with Crippen molar-refractivity contribution in [1.82, 2.24) is 0 Å². The molecule has 0 amide bonds. The Morgan fingerprint density at radius 3 is 1.44 bits per heavy atom. The molecule has 246 valence electrons. The lowest BCUT2D eigenvalue weighted by atomic mass is 9.75. The molecule has 0 fully saturated rings. The molecule has 11 rings (SSSR count). The van der Waals surface area contributed by atoms with Gasteiger partial charge in [0, 0.05) is 10.8 Å². The number of rotatable bonds is 2. The molecule has 0 bridgehead atoms. The minimum Gasteiger partial charge on any atom is -0.0619 e. The summed E-state index contributed by atoms with van der Waals surface area (Å²) in [5.41, 5.74) is 16.2. The van der Waals surface area contributed by atoms with E-state index in [0.29, 0.717) is 0 Å². The standard InChI is InChI=1S/C52H38/c1-51(2)44-27-14-13-24-41(44)48-34-19-8-7-18-33(34)43(30-45(48)51)47-37-22-11-9-20-35(37)46(36-21-10-12-23-38(36)47)42-26-15-25-39-40-29-28-31-16-5-6-17-32(31)49(40)52(3,4)50(39)42/h5-30H,1-4H3. The summed E-state index contributed by atoms with van der Waals surface area (Å²) >= 11 is 0. The van der Waals surface area contributed by atoms with Gasteiger partial charge in [0.05, 0.1) is 0 Å². The van der Waals surface area contributed by atoms with Crippen LogP contribution in [0.2, 0.25) is 0 Å². The van der Waals surface area contributed by atoms with E-state index in [1.807, 2.05) is 0 Å². The van der Waals surface area contributed by atoms with E-state index in [1.54, 1.807) is 0 Å². The van der Waals surface area contributed by atoms with Crippen LogP contribution >= 0.6 is 0 Å². The van der Waals surface area contributed by atoms with Crippen LogP contribution in [0, 0.1) is 0 Å². The topological polar surface area (TPSA) is 0 Å². The van der Waals surface area contributed by atoms with Crippen LogP contribution in [0.3, 0.4) is 0 Å². The molecule has 0 radical (unpaired) electrons. The van der Waals surface area contributed by atoms with E-state index in [9.17, 15) is 0 Å². The van der Waals surface area contributed by atoms with Gasteiger partial charge in [-0.25, -0.2) is 0 Å². The number of hydrogen-bond donors (Lipinski definition) is 0. The molecule has 0 aromatic heterocycles. The first-order chi connectivity index (χ1) is 25.4. The highest BCUT2D eigenvalue weighted by Crippen LogP contribution is 2.58. The van der Waals surface area contributed by atoms with Gasteiger partial charge in [-0.2, -0.15) is 0 Å². The number of benzene rings is 9. The van der Waals surface area contributed by atoms with Crippen LogP contribution in [0.25, 0.3) is 87.6 Å². The first-order valence-corrected chi connectivity index (χ1v) is 18.6. The van der Waals surface area contributed by atoms with Gasteiger partial charge in [0.15, 0.2) is 0 Å². The Balaban J connectivity index is 1.25. The molecule has 0 unspecified atom stereocenters. The molecule has 2 aliphatic rings. The Morgan fingerprint density at radius 2 is 0.769 bits per heavy atom. The molecule has 0 spiro atoms. The smallest absolute Gasteiger partial charge is 0.0171 e.